The van der Waals surface area contributed by atoms with Crippen LogP contribution in [0.1, 0.15) is 0 Å². The Balaban J connectivity index is 0. The van der Waals surface area contributed by atoms with Gasteiger partial charge in [-0.3, -0.25) is 0 Å². The zero-order valence-electron chi connectivity index (χ0n) is 8.23. The van der Waals surface area contributed by atoms with Crippen LogP contribution in [0.25, 0.3) is 0 Å². The third kappa shape index (κ3) is 4.75. The summed E-state index contributed by atoms with van der Waals surface area (Å²) in [7, 11) is 0.483. The smallest absolute Gasteiger partial charge is 0.376 e. The van der Waals surface area contributed by atoms with Gasteiger partial charge in [-0.05, 0) is 15.3 Å². The summed E-state index contributed by atoms with van der Waals surface area (Å²) in [5, 5.41) is 0. The maximum absolute atomic E-state index is 4.19. The summed E-state index contributed by atoms with van der Waals surface area (Å²) in [6.07, 6.45) is 0. The summed E-state index contributed by atoms with van der Waals surface area (Å²) in [6.45, 7) is 13.5. The van der Waals surface area contributed by atoms with Gasteiger partial charge in [0.1, 0.15) is 0 Å². The van der Waals surface area contributed by atoms with Crippen molar-refractivity contribution in [3.8, 4) is 0 Å². The molecule has 0 bridgehead atoms. The van der Waals surface area contributed by atoms with Crippen molar-refractivity contribution in [2.75, 3.05) is 7.05 Å². The average Bonchev–Trinajstić information content (AvgIpc) is 1.62. The topological polar surface area (TPSA) is 3.24 Å². The largest absolute Gasteiger partial charge is 1.00 e. The van der Waals surface area contributed by atoms with Gasteiger partial charge >= 0.3 is 18.9 Å². The molecule has 0 aromatic heterocycles. The molecule has 0 N–H and O–H groups in total. The third-order valence-electron chi connectivity index (χ3n) is 1.73. The molecular weight excluding hydrogens is 149 g/mol. The average molecular weight is 167 g/mol. The van der Waals surface area contributed by atoms with E-state index in [4.69, 9.17) is 0 Å². The van der Waals surface area contributed by atoms with E-state index in [-0.39, 0.29) is 18.9 Å². The zero-order chi connectivity index (χ0) is 7.65. The van der Waals surface area contributed by atoms with Gasteiger partial charge in [0, 0.05) is 0 Å². The Hall–Kier alpha value is 0.991. The first-order valence-electron chi connectivity index (χ1n) is 3.44. The fourth-order valence-corrected chi connectivity index (χ4v) is 6.29. The molecule has 0 amide bonds. The van der Waals surface area contributed by atoms with Crippen LogP contribution in [0.15, 0.2) is 0 Å². The predicted molar refractivity (Wildman–Crippen MR) is 49.5 cm³/mol. The molecule has 0 aromatic carbocycles. The zero-order valence-corrected chi connectivity index (χ0v) is 10.4. The van der Waals surface area contributed by atoms with Gasteiger partial charge < -0.3 is 10.8 Å². The second-order valence-corrected chi connectivity index (χ2v) is 11.3. The molecule has 0 saturated carbocycles. The van der Waals surface area contributed by atoms with Gasteiger partial charge in [0.2, 0.25) is 0 Å². The monoisotopic (exact) mass is 167 g/mol. The van der Waals surface area contributed by atoms with E-state index in [9.17, 15) is 0 Å². The first-order valence-corrected chi connectivity index (χ1v) is 9.42. The van der Waals surface area contributed by atoms with Crippen LogP contribution in [0.3, 0.4) is 0 Å². The fourth-order valence-electron chi connectivity index (χ4n) is 0.699. The Kier molecular flexibility index (Phi) is 6.50. The van der Waals surface area contributed by atoms with Crippen LogP contribution in [0.5, 0.6) is 0 Å². The molecule has 1 nitrogen and oxygen atoms in total. The second-order valence-electron chi connectivity index (χ2n) is 3.52. The van der Waals surface area contributed by atoms with Crippen LogP contribution >= 0.6 is 0 Å². The summed E-state index contributed by atoms with van der Waals surface area (Å²) in [6, 6.07) is 0. The summed E-state index contributed by atoms with van der Waals surface area (Å²) in [4.78, 5) is 0. The van der Waals surface area contributed by atoms with Crippen molar-refractivity contribution in [1.82, 2.24) is 4.23 Å². The van der Waals surface area contributed by atoms with E-state index in [1.165, 1.54) is 0 Å². The van der Waals surface area contributed by atoms with E-state index in [1.54, 1.807) is 0 Å². The Bertz CT molecular complexity index is 90.2. The molecule has 0 saturated heterocycles. The van der Waals surface area contributed by atoms with E-state index < -0.39 is 17.2 Å². The molecule has 0 heterocycles. The van der Waals surface area contributed by atoms with Crippen LogP contribution < -0.4 is 18.9 Å². The van der Waals surface area contributed by atoms with Crippen molar-refractivity contribution < 1.29 is 18.9 Å². The minimum absolute atomic E-state index is 0. The number of hydrogen-bond donors (Lipinski definition) is 0. The molecule has 10 heavy (non-hydrogen) atoms. The Labute approximate surface area is 80.1 Å². The van der Waals surface area contributed by atoms with Gasteiger partial charge in [-0.2, -0.15) is 0 Å². The van der Waals surface area contributed by atoms with Crippen LogP contribution in [0.2, 0.25) is 26.2 Å². The van der Waals surface area contributed by atoms with E-state index >= 15 is 0 Å². The Morgan fingerprint density at radius 1 is 1.30 bits per heavy atom. The van der Waals surface area contributed by atoms with Crippen LogP contribution in [0, 0.1) is 6.55 Å². The minimum Gasteiger partial charge on any atom is -0.376 e. The summed E-state index contributed by atoms with van der Waals surface area (Å²) in [5.74, 6) is 0. The van der Waals surface area contributed by atoms with E-state index in [1.807, 2.05) is 0 Å². The van der Waals surface area contributed by atoms with Crippen molar-refractivity contribution in [2.24, 2.45) is 0 Å². The molecule has 0 aliphatic carbocycles. The third-order valence-corrected chi connectivity index (χ3v) is 8.83. The standard InChI is InChI=1S/C6H18NSi2.Li/c1-7(8(2)3)9(4,5)6;/h8H,4H2,1-3,5-6H3;/q-1;+1. The number of hydrogen-bond acceptors (Lipinski definition) is 1. The molecule has 0 unspecified atom stereocenters. The molecule has 0 spiro atoms. The molecule has 0 aliphatic rings. The van der Waals surface area contributed by atoms with Gasteiger partial charge in [-0.25, -0.2) is 0 Å². The van der Waals surface area contributed by atoms with Crippen molar-refractivity contribution in [1.29, 1.82) is 0 Å². The maximum Gasteiger partial charge on any atom is 1.00 e. The summed E-state index contributed by atoms with van der Waals surface area (Å²) < 4.78 is 2.52. The normalized spacial score (nSPS) is 12.0. The number of nitrogens with zero attached hydrogens (tertiary/aromatic N) is 1. The van der Waals surface area contributed by atoms with Crippen molar-refractivity contribution in [3.05, 3.63) is 6.55 Å². The van der Waals surface area contributed by atoms with Crippen molar-refractivity contribution in [2.45, 2.75) is 26.2 Å². The van der Waals surface area contributed by atoms with Gasteiger partial charge in [-0.15, -0.1) is 0 Å². The Morgan fingerprint density at radius 3 is 1.60 bits per heavy atom. The predicted octanol–water partition coefficient (Wildman–Crippen LogP) is -1.52. The number of rotatable bonds is 2. The molecule has 4 heteroatoms. The molecule has 0 aromatic rings. The van der Waals surface area contributed by atoms with E-state index in [0.29, 0.717) is 0 Å². The SMILES string of the molecule is [CH2-][Si](C)(C)N(C)[SiH](C)C.[Li+]. The molecule has 0 fully saturated rings. The summed E-state index contributed by atoms with van der Waals surface area (Å²) >= 11 is 0. The van der Waals surface area contributed by atoms with Crippen LogP contribution in [-0.4, -0.2) is 28.5 Å². The molecular formula is C6H18LiNSi2. The van der Waals surface area contributed by atoms with Gasteiger partial charge in [0.05, 0.1) is 8.96 Å². The van der Waals surface area contributed by atoms with Gasteiger partial charge in [-0.1, -0.05) is 26.2 Å². The minimum atomic E-state index is -1.18. The molecule has 56 valence electrons. The molecule has 0 rings (SSSR count). The van der Waals surface area contributed by atoms with Crippen LogP contribution in [0.4, 0.5) is 0 Å². The quantitative estimate of drug-likeness (QED) is 0.357. The van der Waals surface area contributed by atoms with E-state index in [2.05, 4.69) is 44.0 Å². The summed E-state index contributed by atoms with van der Waals surface area (Å²) in [5.41, 5.74) is 0. The molecule has 0 atom stereocenters. The van der Waals surface area contributed by atoms with E-state index in [0.717, 1.165) is 0 Å². The molecule has 0 aliphatic heterocycles. The van der Waals surface area contributed by atoms with Gasteiger partial charge in [0.15, 0.2) is 0 Å². The molecule has 0 radical (unpaired) electrons. The van der Waals surface area contributed by atoms with Crippen molar-refractivity contribution in [3.63, 3.8) is 0 Å². The van der Waals surface area contributed by atoms with Crippen LogP contribution in [-0.2, 0) is 0 Å². The van der Waals surface area contributed by atoms with Crippen molar-refractivity contribution >= 4 is 17.2 Å². The first kappa shape index (κ1) is 13.6. The Morgan fingerprint density at radius 2 is 1.60 bits per heavy atom. The second kappa shape index (κ2) is 4.79. The first-order chi connectivity index (χ1) is 3.85. The van der Waals surface area contributed by atoms with Gasteiger partial charge in [0.25, 0.3) is 0 Å². The fraction of sp³-hybridized carbons (Fsp3) is 0.833. The maximum atomic E-state index is 4.19.